The molecule has 238 valence electrons. The largest absolute Gasteiger partial charge is 0.493 e. The Kier molecular flexibility index (Phi) is 8.92. The zero-order chi connectivity index (χ0) is 32.2. The van der Waals surface area contributed by atoms with Gasteiger partial charge >= 0.3 is 5.69 Å². The van der Waals surface area contributed by atoms with E-state index < -0.39 is 23.2 Å². The van der Waals surface area contributed by atoms with Gasteiger partial charge in [0.2, 0.25) is 5.82 Å². The highest BCUT2D eigenvalue weighted by atomic mass is 19.1. The van der Waals surface area contributed by atoms with E-state index in [2.05, 4.69) is 20.3 Å². The van der Waals surface area contributed by atoms with Crippen LogP contribution in [0.25, 0.3) is 16.6 Å². The summed E-state index contributed by atoms with van der Waals surface area (Å²) in [6.07, 6.45) is 4.94. The Hall–Kier alpha value is -5.30. The van der Waals surface area contributed by atoms with E-state index in [0.29, 0.717) is 34.8 Å². The zero-order valence-corrected chi connectivity index (χ0v) is 25.3. The van der Waals surface area contributed by atoms with E-state index >= 15 is 4.39 Å². The van der Waals surface area contributed by atoms with Gasteiger partial charge < -0.3 is 24.4 Å². The van der Waals surface area contributed by atoms with Gasteiger partial charge in [0.15, 0.2) is 23.1 Å². The first-order chi connectivity index (χ1) is 22.3. The lowest BCUT2D eigenvalue weighted by molar-refractivity contribution is 0.101. The summed E-state index contributed by atoms with van der Waals surface area (Å²) in [4.78, 5) is 32.5. The van der Waals surface area contributed by atoms with Crippen molar-refractivity contribution in [1.29, 1.82) is 0 Å². The van der Waals surface area contributed by atoms with Crippen molar-refractivity contribution in [3.05, 3.63) is 94.8 Å². The van der Waals surface area contributed by atoms with Gasteiger partial charge in [-0.25, -0.2) is 13.6 Å². The maximum absolute atomic E-state index is 15.2. The smallest absolute Gasteiger partial charge is 0.350 e. The molecule has 11 nitrogen and oxygen atoms in total. The number of hydrogen-bond acceptors (Lipinski definition) is 8. The molecule has 0 bridgehead atoms. The molecule has 0 saturated carbocycles. The number of carbonyl (C=O) groups excluding carboxylic acids is 1. The van der Waals surface area contributed by atoms with Crippen molar-refractivity contribution in [3.8, 4) is 28.7 Å². The molecule has 3 aromatic carbocycles. The van der Waals surface area contributed by atoms with Crippen molar-refractivity contribution in [3.63, 3.8) is 0 Å². The Bertz CT molecular complexity index is 1950. The monoisotopic (exact) mass is 630 g/mol. The Morgan fingerprint density at radius 2 is 1.76 bits per heavy atom. The van der Waals surface area contributed by atoms with Crippen LogP contribution in [0.4, 0.5) is 14.5 Å². The normalized spacial score (nSPS) is 13.2. The Morgan fingerprint density at radius 3 is 2.52 bits per heavy atom. The van der Waals surface area contributed by atoms with E-state index in [0.717, 1.165) is 41.4 Å². The van der Waals surface area contributed by atoms with Crippen LogP contribution in [0.2, 0.25) is 0 Å². The summed E-state index contributed by atoms with van der Waals surface area (Å²) in [6, 6.07) is 14.6. The van der Waals surface area contributed by atoms with Gasteiger partial charge in [0.1, 0.15) is 17.3 Å². The first kappa shape index (κ1) is 30.7. The zero-order valence-electron chi connectivity index (χ0n) is 25.3. The minimum atomic E-state index is -0.788. The number of fused-ring (bicyclic) bond motifs is 1. The molecule has 2 aromatic heterocycles. The minimum absolute atomic E-state index is 0.0931. The van der Waals surface area contributed by atoms with Crippen LogP contribution in [0.1, 0.15) is 29.9 Å². The molecule has 1 fully saturated rings. The summed E-state index contributed by atoms with van der Waals surface area (Å²) in [5.74, 6) is -1.20. The average molecular weight is 631 g/mol. The topological polar surface area (TPSA) is 113 Å². The van der Waals surface area contributed by atoms with Gasteiger partial charge in [0.25, 0.3) is 5.91 Å². The number of halogens is 2. The number of benzene rings is 3. The second kappa shape index (κ2) is 13.4. The summed E-state index contributed by atoms with van der Waals surface area (Å²) >= 11 is 0. The number of nitrogens with one attached hydrogen (secondary N) is 1. The van der Waals surface area contributed by atoms with Crippen molar-refractivity contribution >= 4 is 22.5 Å². The van der Waals surface area contributed by atoms with Crippen molar-refractivity contribution in [2.24, 2.45) is 7.05 Å². The summed E-state index contributed by atoms with van der Waals surface area (Å²) < 4.78 is 48.8. The van der Waals surface area contributed by atoms with Gasteiger partial charge in [-0.1, -0.05) is 12.1 Å². The number of aromatic nitrogens is 4. The molecule has 0 unspecified atom stereocenters. The second-order valence-corrected chi connectivity index (χ2v) is 10.8. The maximum Gasteiger partial charge on any atom is 0.350 e. The number of rotatable bonds is 11. The van der Waals surface area contributed by atoms with E-state index in [1.165, 1.54) is 50.2 Å². The molecule has 6 rings (SSSR count). The van der Waals surface area contributed by atoms with Crippen molar-refractivity contribution in [2.75, 3.05) is 38.7 Å². The molecule has 1 aliphatic rings. The molecule has 3 heterocycles. The van der Waals surface area contributed by atoms with Crippen LogP contribution in [0.15, 0.2) is 71.7 Å². The van der Waals surface area contributed by atoms with Gasteiger partial charge in [-0.3, -0.25) is 14.3 Å². The number of carbonyl (C=O) groups is 1. The van der Waals surface area contributed by atoms with Gasteiger partial charge in [-0.15, -0.1) is 5.10 Å². The first-order valence-electron chi connectivity index (χ1n) is 14.8. The van der Waals surface area contributed by atoms with Crippen LogP contribution < -0.4 is 25.2 Å². The van der Waals surface area contributed by atoms with Crippen LogP contribution in [-0.2, 0) is 7.05 Å². The van der Waals surface area contributed by atoms with Gasteiger partial charge in [-0.05, 0) is 68.8 Å². The van der Waals surface area contributed by atoms with Crippen LogP contribution in [0.3, 0.4) is 0 Å². The predicted molar refractivity (Wildman–Crippen MR) is 167 cm³/mol. The quantitative estimate of drug-likeness (QED) is 0.195. The predicted octanol–water partition coefficient (Wildman–Crippen LogP) is 5.32. The standard InChI is InChI=1S/C33H32F2N6O5/c1-39-31(38-41(33(39)43)26-9-4-3-8-23(26)34)32(42)37-21-10-11-28(24(35)18-21)46-27-12-13-36-25-20-30(29(44-2)19-22(25)27)45-17-7-16-40-14-5-6-15-40/h3-4,8-13,18-20H,5-7,14-17H2,1-2H3,(H,37,42). The number of ether oxygens (including phenoxy) is 3. The van der Waals surface area contributed by atoms with Crippen LogP contribution >= 0.6 is 0 Å². The molecule has 1 amide bonds. The molecule has 0 atom stereocenters. The van der Waals surface area contributed by atoms with Crippen LogP contribution in [0.5, 0.6) is 23.0 Å². The number of anilines is 1. The lowest BCUT2D eigenvalue weighted by Crippen LogP contribution is -2.24. The van der Waals surface area contributed by atoms with E-state index in [9.17, 15) is 14.0 Å². The van der Waals surface area contributed by atoms with Gasteiger partial charge in [0, 0.05) is 43.0 Å². The Morgan fingerprint density at radius 1 is 0.957 bits per heavy atom. The first-order valence-corrected chi connectivity index (χ1v) is 14.8. The highest BCUT2D eigenvalue weighted by Gasteiger charge is 2.21. The summed E-state index contributed by atoms with van der Waals surface area (Å²) in [5, 5.41) is 7.10. The molecule has 13 heteroatoms. The number of hydrogen-bond donors (Lipinski definition) is 1. The number of methoxy groups -OCH3 is 1. The molecule has 0 radical (unpaired) electrons. The van der Waals surface area contributed by atoms with Gasteiger partial charge in [0.05, 0.1) is 19.2 Å². The van der Waals surface area contributed by atoms with E-state index in [1.807, 2.05) is 0 Å². The van der Waals surface area contributed by atoms with Crippen molar-refractivity contribution in [1.82, 2.24) is 24.2 Å². The average Bonchev–Trinajstić information content (AvgIpc) is 3.68. The lowest BCUT2D eigenvalue weighted by atomic mass is 10.1. The van der Waals surface area contributed by atoms with E-state index in [1.54, 1.807) is 37.6 Å². The van der Waals surface area contributed by atoms with Crippen molar-refractivity contribution < 1.29 is 27.8 Å². The molecule has 46 heavy (non-hydrogen) atoms. The number of para-hydroxylation sites is 1. The third kappa shape index (κ3) is 6.40. The number of nitrogens with zero attached hydrogens (tertiary/aromatic N) is 5. The van der Waals surface area contributed by atoms with Crippen LogP contribution in [0, 0.1) is 11.6 Å². The van der Waals surface area contributed by atoms with Crippen molar-refractivity contribution in [2.45, 2.75) is 19.3 Å². The molecule has 0 spiro atoms. The molecule has 1 aliphatic heterocycles. The maximum atomic E-state index is 15.2. The van der Waals surface area contributed by atoms with Gasteiger partial charge in [-0.2, -0.15) is 4.68 Å². The fourth-order valence-electron chi connectivity index (χ4n) is 5.35. The molecule has 0 aliphatic carbocycles. The van der Waals surface area contributed by atoms with E-state index in [-0.39, 0.29) is 22.9 Å². The third-order valence-electron chi connectivity index (χ3n) is 7.74. The summed E-state index contributed by atoms with van der Waals surface area (Å²) in [6.45, 7) is 3.79. The molecular weight excluding hydrogens is 598 g/mol. The van der Waals surface area contributed by atoms with Crippen LogP contribution in [-0.4, -0.2) is 63.5 Å². The highest BCUT2D eigenvalue weighted by Crippen LogP contribution is 2.38. The SMILES string of the molecule is COc1cc2c(Oc3ccc(NC(=O)c4nn(-c5ccccc5F)c(=O)n4C)cc3F)ccnc2cc1OCCCN1CCCC1. The fraction of sp³-hybridized carbons (Fsp3) is 0.273. The fourth-order valence-corrected chi connectivity index (χ4v) is 5.35. The Labute approximate surface area is 262 Å². The number of likely N-dealkylation sites (tertiary alicyclic amines) is 1. The molecule has 5 aromatic rings. The summed E-state index contributed by atoms with van der Waals surface area (Å²) in [5.41, 5.74) is -0.150. The summed E-state index contributed by atoms with van der Waals surface area (Å²) in [7, 11) is 2.88. The van der Waals surface area contributed by atoms with E-state index in [4.69, 9.17) is 14.2 Å². The minimum Gasteiger partial charge on any atom is -0.493 e. The molecule has 1 N–H and O–H groups in total. The second-order valence-electron chi connectivity index (χ2n) is 10.8. The highest BCUT2D eigenvalue weighted by molar-refractivity contribution is 6.01. The lowest BCUT2D eigenvalue weighted by Gasteiger charge is -2.16. The molecule has 1 saturated heterocycles. The third-order valence-corrected chi connectivity index (χ3v) is 7.74. The molecular formula is C33H32F2N6O5. The number of pyridine rings is 1. The number of amides is 1. The Balaban J connectivity index is 1.16.